The maximum atomic E-state index is 11.9. The highest BCUT2D eigenvalue weighted by molar-refractivity contribution is 5.85. The number of unbranched alkanes of at least 4 members (excludes halogenated alkanes) is 2. The number of fused-ring (bicyclic) bond motifs is 1. The summed E-state index contributed by atoms with van der Waals surface area (Å²) in [6.07, 6.45) is 2.90. The molecule has 1 aromatic carbocycles. The van der Waals surface area contributed by atoms with Gasteiger partial charge in [-0.15, -0.1) is 12.4 Å². The molecule has 0 saturated carbocycles. The van der Waals surface area contributed by atoms with Crippen molar-refractivity contribution in [2.75, 3.05) is 18.4 Å². The summed E-state index contributed by atoms with van der Waals surface area (Å²) in [6, 6.07) is 7.67. The van der Waals surface area contributed by atoms with Gasteiger partial charge in [-0.1, -0.05) is 31.9 Å². The van der Waals surface area contributed by atoms with E-state index >= 15 is 0 Å². The van der Waals surface area contributed by atoms with Gasteiger partial charge >= 0.3 is 0 Å². The van der Waals surface area contributed by atoms with Crippen molar-refractivity contribution in [1.82, 2.24) is 5.32 Å². The number of carbonyl (C=O) groups is 1. The maximum Gasteiger partial charge on any atom is 0.262 e. The molecule has 0 spiro atoms. The van der Waals surface area contributed by atoms with Crippen molar-refractivity contribution in [3.63, 3.8) is 0 Å². The molecule has 1 aliphatic heterocycles. The predicted octanol–water partition coefficient (Wildman–Crippen LogP) is 2.59. The van der Waals surface area contributed by atoms with E-state index in [9.17, 15) is 4.79 Å². The molecule has 0 aromatic heterocycles. The average molecular weight is 285 g/mol. The summed E-state index contributed by atoms with van der Waals surface area (Å²) in [5.41, 5.74) is 0.951. The van der Waals surface area contributed by atoms with Crippen molar-refractivity contribution >= 4 is 24.0 Å². The molecule has 1 atom stereocenters. The second-order valence-corrected chi connectivity index (χ2v) is 4.48. The van der Waals surface area contributed by atoms with Crippen molar-refractivity contribution in [1.29, 1.82) is 0 Å². The van der Waals surface area contributed by atoms with Gasteiger partial charge in [-0.25, -0.2) is 0 Å². The fourth-order valence-corrected chi connectivity index (χ4v) is 1.96. The first-order valence-electron chi connectivity index (χ1n) is 6.58. The van der Waals surface area contributed by atoms with E-state index in [0.717, 1.165) is 37.2 Å². The minimum Gasteiger partial charge on any atom is -0.477 e. The highest BCUT2D eigenvalue weighted by Gasteiger charge is 2.24. The smallest absolute Gasteiger partial charge is 0.262 e. The number of hydrogen-bond acceptors (Lipinski definition) is 3. The molecule has 4 nitrogen and oxygen atoms in total. The first-order valence-corrected chi connectivity index (χ1v) is 6.58. The Kier molecular flexibility index (Phi) is 6.50. The average Bonchev–Trinajstić information content (AvgIpc) is 2.43. The van der Waals surface area contributed by atoms with E-state index in [-0.39, 0.29) is 18.3 Å². The molecule has 19 heavy (non-hydrogen) atoms. The van der Waals surface area contributed by atoms with Crippen LogP contribution in [-0.2, 0) is 4.79 Å². The van der Waals surface area contributed by atoms with Gasteiger partial charge in [0.05, 0.1) is 12.2 Å². The highest BCUT2D eigenvalue weighted by Crippen LogP contribution is 2.28. The summed E-state index contributed by atoms with van der Waals surface area (Å²) in [5.74, 6) is 0.713. The van der Waals surface area contributed by atoms with E-state index in [2.05, 4.69) is 17.6 Å². The summed E-state index contributed by atoms with van der Waals surface area (Å²) in [7, 11) is 0. The van der Waals surface area contributed by atoms with Crippen molar-refractivity contribution in [2.24, 2.45) is 0 Å². The fraction of sp³-hybridized carbons (Fsp3) is 0.500. The third kappa shape index (κ3) is 4.31. The first-order chi connectivity index (χ1) is 8.81. The number of hydrogen-bond donors (Lipinski definition) is 2. The van der Waals surface area contributed by atoms with Gasteiger partial charge in [0.15, 0.2) is 6.10 Å². The van der Waals surface area contributed by atoms with Crippen LogP contribution in [0.1, 0.15) is 26.2 Å². The van der Waals surface area contributed by atoms with Gasteiger partial charge in [0.1, 0.15) is 5.75 Å². The van der Waals surface area contributed by atoms with Crippen LogP contribution in [0.25, 0.3) is 0 Å². The van der Waals surface area contributed by atoms with Gasteiger partial charge in [-0.05, 0) is 18.6 Å². The van der Waals surface area contributed by atoms with Crippen LogP contribution in [0.3, 0.4) is 0 Å². The minimum absolute atomic E-state index is 0. The zero-order valence-electron chi connectivity index (χ0n) is 11.1. The Morgan fingerprint density at radius 1 is 1.42 bits per heavy atom. The quantitative estimate of drug-likeness (QED) is 0.817. The zero-order chi connectivity index (χ0) is 12.8. The summed E-state index contributed by atoms with van der Waals surface area (Å²) >= 11 is 0. The lowest BCUT2D eigenvalue weighted by Crippen LogP contribution is -2.44. The van der Waals surface area contributed by atoms with Gasteiger partial charge in [-0.2, -0.15) is 0 Å². The largest absolute Gasteiger partial charge is 0.477 e. The number of benzene rings is 1. The number of rotatable bonds is 5. The monoisotopic (exact) mass is 284 g/mol. The van der Waals surface area contributed by atoms with Gasteiger partial charge in [0.2, 0.25) is 0 Å². The molecule has 106 valence electrons. The van der Waals surface area contributed by atoms with E-state index in [1.807, 2.05) is 24.3 Å². The number of amides is 1. The predicted molar refractivity (Wildman–Crippen MR) is 79.1 cm³/mol. The number of carbonyl (C=O) groups excluding carboxylic acids is 1. The molecule has 2 rings (SSSR count). The molecular weight excluding hydrogens is 264 g/mol. The fourth-order valence-electron chi connectivity index (χ4n) is 1.96. The molecule has 2 N–H and O–H groups in total. The van der Waals surface area contributed by atoms with Crippen LogP contribution in [0.4, 0.5) is 5.69 Å². The Hall–Kier alpha value is -1.42. The third-order valence-corrected chi connectivity index (χ3v) is 3.01. The molecule has 0 fully saturated rings. The number of anilines is 1. The Morgan fingerprint density at radius 2 is 2.21 bits per heavy atom. The minimum atomic E-state index is -0.429. The second-order valence-electron chi connectivity index (χ2n) is 4.48. The SMILES string of the molecule is CCCCCNC(=O)C1CNc2ccccc2O1.Cl. The number of para-hydroxylation sites is 2. The van der Waals surface area contributed by atoms with Crippen LogP contribution >= 0.6 is 12.4 Å². The summed E-state index contributed by atoms with van der Waals surface area (Å²) in [6.45, 7) is 3.40. The molecule has 1 aromatic rings. The van der Waals surface area contributed by atoms with Gasteiger partial charge in [0.25, 0.3) is 5.91 Å². The summed E-state index contributed by atoms with van der Waals surface area (Å²) in [5, 5.41) is 6.12. The molecule has 0 radical (unpaired) electrons. The van der Waals surface area contributed by atoms with Crippen LogP contribution in [0.2, 0.25) is 0 Å². The Balaban J connectivity index is 0.00000180. The van der Waals surface area contributed by atoms with Crippen molar-refractivity contribution in [3.05, 3.63) is 24.3 Å². The van der Waals surface area contributed by atoms with E-state index in [0.29, 0.717) is 6.54 Å². The van der Waals surface area contributed by atoms with Crippen LogP contribution in [0, 0.1) is 0 Å². The molecule has 0 saturated heterocycles. The number of halogens is 1. The molecule has 1 unspecified atom stereocenters. The van der Waals surface area contributed by atoms with E-state index in [1.54, 1.807) is 0 Å². The van der Waals surface area contributed by atoms with Crippen molar-refractivity contribution in [2.45, 2.75) is 32.3 Å². The van der Waals surface area contributed by atoms with E-state index < -0.39 is 6.10 Å². The molecule has 1 aliphatic rings. The summed E-state index contributed by atoms with van der Waals surface area (Å²) in [4.78, 5) is 11.9. The van der Waals surface area contributed by atoms with E-state index in [1.165, 1.54) is 0 Å². The van der Waals surface area contributed by atoms with Crippen molar-refractivity contribution in [3.8, 4) is 5.75 Å². The first kappa shape index (κ1) is 15.6. The molecule has 1 heterocycles. The van der Waals surface area contributed by atoms with Gasteiger partial charge in [0, 0.05) is 6.54 Å². The molecule has 0 bridgehead atoms. The summed E-state index contributed by atoms with van der Waals surface area (Å²) < 4.78 is 5.68. The normalized spacial score (nSPS) is 16.4. The van der Waals surface area contributed by atoms with Crippen LogP contribution < -0.4 is 15.4 Å². The maximum absolute atomic E-state index is 11.9. The Bertz CT molecular complexity index is 412. The van der Waals surface area contributed by atoms with Crippen LogP contribution in [0.15, 0.2) is 24.3 Å². The van der Waals surface area contributed by atoms with Gasteiger partial charge in [-0.3, -0.25) is 4.79 Å². The molecule has 1 amide bonds. The lowest BCUT2D eigenvalue weighted by molar-refractivity contribution is -0.127. The van der Waals surface area contributed by atoms with Crippen molar-refractivity contribution < 1.29 is 9.53 Å². The highest BCUT2D eigenvalue weighted by atomic mass is 35.5. The standard InChI is InChI=1S/C14H20N2O2.ClH/c1-2-3-6-9-15-14(17)13-10-16-11-7-4-5-8-12(11)18-13;/h4-5,7-8,13,16H,2-3,6,9-10H2,1H3,(H,15,17);1H. The molecule has 5 heteroatoms. The number of nitrogens with one attached hydrogen (secondary N) is 2. The van der Waals surface area contributed by atoms with Crippen LogP contribution in [0.5, 0.6) is 5.75 Å². The second kappa shape index (κ2) is 7.89. The zero-order valence-corrected chi connectivity index (χ0v) is 12.0. The van der Waals surface area contributed by atoms with E-state index in [4.69, 9.17) is 4.74 Å². The lowest BCUT2D eigenvalue weighted by Gasteiger charge is -2.26. The third-order valence-electron chi connectivity index (χ3n) is 3.01. The number of ether oxygens (including phenoxy) is 1. The van der Waals surface area contributed by atoms with Gasteiger partial charge < -0.3 is 15.4 Å². The molecule has 0 aliphatic carbocycles. The molecular formula is C14H21ClN2O2. The Labute approximate surface area is 120 Å². The van der Waals surface area contributed by atoms with Crippen LogP contribution in [-0.4, -0.2) is 25.1 Å². The Morgan fingerprint density at radius 3 is 3.00 bits per heavy atom. The lowest BCUT2D eigenvalue weighted by atomic mass is 10.2. The topological polar surface area (TPSA) is 50.4 Å².